The molecular weight excluding hydrogens is 453 g/mol. The summed E-state index contributed by atoms with van der Waals surface area (Å²) >= 11 is 0. The van der Waals surface area contributed by atoms with Crippen LogP contribution in [0.1, 0.15) is 23.2 Å². The first kappa shape index (κ1) is 22.8. The molecule has 0 bridgehead atoms. The van der Waals surface area contributed by atoms with Gasteiger partial charge in [-0.15, -0.1) is 5.10 Å². The standard InChI is InChI=1S/C21H27F3N8O2/c22-12-5-27-19-16(18(25)29-32(19)10-12)20(33)28-15-7-26-6-14(24)17(15)30-3-1-11(2-4-30)21(34)31-8-13(23)9-31/h5,10-11,13-15,17,26H,1-4,6-9H2,(H2,25,29)(H,28,33). The van der Waals surface area contributed by atoms with Crippen molar-refractivity contribution in [3.8, 4) is 0 Å². The molecule has 10 nitrogen and oxygen atoms in total. The molecule has 184 valence electrons. The van der Waals surface area contributed by atoms with E-state index in [0.29, 0.717) is 32.5 Å². The Labute approximate surface area is 193 Å². The molecule has 13 heteroatoms. The van der Waals surface area contributed by atoms with Crippen molar-refractivity contribution in [3.63, 3.8) is 0 Å². The number of hydrogen-bond donors (Lipinski definition) is 3. The number of likely N-dealkylation sites (tertiary alicyclic amines) is 2. The Bertz CT molecular complexity index is 1080. The molecule has 34 heavy (non-hydrogen) atoms. The molecule has 3 saturated heterocycles. The number of alkyl halides is 2. The Hall–Kier alpha value is -2.93. The summed E-state index contributed by atoms with van der Waals surface area (Å²) in [7, 11) is 0. The predicted octanol–water partition coefficient (Wildman–Crippen LogP) is -0.249. The average Bonchev–Trinajstić information content (AvgIpc) is 3.11. The minimum Gasteiger partial charge on any atom is -0.381 e. The van der Waals surface area contributed by atoms with Crippen LogP contribution in [0.15, 0.2) is 12.4 Å². The number of hydrogen-bond acceptors (Lipinski definition) is 7. The molecule has 0 saturated carbocycles. The van der Waals surface area contributed by atoms with E-state index < -0.39 is 36.2 Å². The molecular formula is C21H27F3N8O2. The molecule has 0 spiro atoms. The molecule has 0 aliphatic carbocycles. The van der Waals surface area contributed by atoms with Crippen molar-refractivity contribution in [2.45, 2.75) is 37.3 Å². The van der Waals surface area contributed by atoms with Gasteiger partial charge in [0.2, 0.25) is 5.91 Å². The lowest BCUT2D eigenvalue weighted by Gasteiger charge is -2.45. The molecule has 3 fully saturated rings. The van der Waals surface area contributed by atoms with E-state index in [-0.39, 0.29) is 48.5 Å². The fourth-order valence-electron chi connectivity index (χ4n) is 5.19. The van der Waals surface area contributed by atoms with E-state index >= 15 is 4.39 Å². The summed E-state index contributed by atoms with van der Waals surface area (Å²) in [4.78, 5) is 33.0. The number of aromatic nitrogens is 3. The van der Waals surface area contributed by atoms with Gasteiger partial charge in [0, 0.05) is 19.0 Å². The van der Waals surface area contributed by atoms with Crippen LogP contribution < -0.4 is 16.4 Å². The number of fused-ring (bicyclic) bond motifs is 1. The minimum absolute atomic E-state index is 0.00440. The zero-order chi connectivity index (χ0) is 24.0. The lowest BCUT2D eigenvalue weighted by Crippen LogP contribution is -2.66. The van der Waals surface area contributed by atoms with Crippen molar-refractivity contribution in [2.24, 2.45) is 5.92 Å². The second kappa shape index (κ2) is 9.02. The third-order valence-corrected chi connectivity index (χ3v) is 6.95. The number of nitrogens with two attached hydrogens (primary N) is 1. The molecule has 0 radical (unpaired) electrons. The number of carbonyl (C=O) groups excluding carboxylic acids is 2. The van der Waals surface area contributed by atoms with Crippen LogP contribution in [-0.4, -0.2) is 99.9 Å². The Morgan fingerprint density at radius 1 is 1.18 bits per heavy atom. The molecule has 2 aromatic heterocycles. The number of carbonyl (C=O) groups is 2. The zero-order valence-corrected chi connectivity index (χ0v) is 18.5. The number of anilines is 1. The molecule has 3 aliphatic heterocycles. The van der Waals surface area contributed by atoms with E-state index in [1.807, 2.05) is 4.90 Å². The van der Waals surface area contributed by atoms with Crippen LogP contribution in [0, 0.1) is 11.7 Å². The van der Waals surface area contributed by atoms with Crippen LogP contribution in [0.2, 0.25) is 0 Å². The molecule has 3 unspecified atom stereocenters. The Kier molecular flexibility index (Phi) is 6.06. The van der Waals surface area contributed by atoms with Gasteiger partial charge >= 0.3 is 0 Å². The first-order valence-corrected chi connectivity index (χ1v) is 11.4. The molecule has 3 atom stereocenters. The second-order valence-corrected chi connectivity index (χ2v) is 9.20. The first-order chi connectivity index (χ1) is 16.3. The van der Waals surface area contributed by atoms with Gasteiger partial charge in [0.05, 0.1) is 37.6 Å². The smallest absolute Gasteiger partial charge is 0.259 e. The highest BCUT2D eigenvalue weighted by Crippen LogP contribution is 2.27. The fraction of sp³-hybridized carbons (Fsp3) is 0.619. The molecule has 2 amide bonds. The normalized spacial score (nSPS) is 27.0. The topological polar surface area (TPSA) is 121 Å². The average molecular weight is 480 g/mol. The van der Waals surface area contributed by atoms with Gasteiger partial charge in [0.25, 0.3) is 5.91 Å². The third-order valence-electron chi connectivity index (χ3n) is 6.95. The van der Waals surface area contributed by atoms with Gasteiger partial charge in [0.15, 0.2) is 17.3 Å². The predicted molar refractivity (Wildman–Crippen MR) is 116 cm³/mol. The van der Waals surface area contributed by atoms with Crippen LogP contribution in [-0.2, 0) is 4.79 Å². The molecule has 2 aromatic rings. The minimum atomic E-state index is -1.23. The fourth-order valence-corrected chi connectivity index (χ4v) is 5.19. The second-order valence-electron chi connectivity index (χ2n) is 9.20. The summed E-state index contributed by atoms with van der Waals surface area (Å²) in [5.74, 6) is -1.52. The first-order valence-electron chi connectivity index (χ1n) is 11.4. The molecule has 5 rings (SSSR count). The maximum Gasteiger partial charge on any atom is 0.259 e. The monoisotopic (exact) mass is 480 g/mol. The highest BCUT2D eigenvalue weighted by atomic mass is 19.1. The summed E-state index contributed by atoms with van der Waals surface area (Å²) in [6.45, 7) is 1.81. The highest BCUT2D eigenvalue weighted by molar-refractivity contribution is 6.04. The van der Waals surface area contributed by atoms with Crippen molar-refractivity contribution in [1.29, 1.82) is 0 Å². The lowest BCUT2D eigenvalue weighted by molar-refractivity contribution is -0.144. The third kappa shape index (κ3) is 4.17. The Balaban J connectivity index is 1.27. The van der Waals surface area contributed by atoms with Crippen molar-refractivity contribution in [1.82, 2.24) is 35.0 Å². The number of piperidine rings is 2. The Morgan fingerprint density at radius 3 is 2.62 bits per heavy atom. The van der Waals surface area contributed by atoms with Gasteiger partial charge in [-0.1, -0.05) is 0 Å². The van der Waals surface area contributed by atoms with E-state index in [1.165, 1.54) is 4.90 Å². The summed E-state index contributed by atoms with van der Waals surface area (Å²) in [6.07, 6.45) is 0.974. The van der Waals surface area contributed by atoms with Crippen LogP contribution in [0.4, 0.5) is 19.0 Å². The van der Waals surface area contributed by atoms with E-state index in [2.05, 4.69) is 20.7 Å². The lowest BCUT2D eigenvalue weighted by atomic mass is 9.89. The van der Waals surface area contributed by atoms with Gasteiger partial charge in [-0.05, 0) is 25.9 Å². The van der Waals surface area contributed by atoms with Gasteiger partial charge < -0.3 is 21.3 Å². The molecule has 5 heterocycles. The Morgan fingerprint density at radius 2 is 1.91 bits per heavy atom. The summed E-state index contributed by atoms with van der Waals surface area (Å²) < 4.78 is 42.7. The largest absolute Gasteiger partial charge is 0.381 e. The van der Waals surface area contributed by atoms with Gasteiger partial charge in [-0.2, -0.15) is 0 Å². The number of amides is 2. The molecule has 0 aromatic carbocycles. The maximum absolute atomic E-state index is 15.1. The van der Waals surface area contributed by atoms with E-state index in [9.17, 15) is 18.4 Å². The van der Waals surface area contributed by atoms with E-state index in [4.69, 9.17) is 5.73 Å². The number of rotatable bonds is 4. The summed E-state index contributed by atoms with van der Waals surface area (Å²) in [5, 5.41) is 9.79. The number of nitrogens with one attached hydrogen (secondary N) is 2. The van der Waals surface area contributed by atoms with Crippen molar-refractivity contribution >= 4 is 23.3 Å². The summed E-state index contributed by atoms with van der Waals surface area (Å²) in [6, 6.07) is -1.16. The molecule has 4 N–H and O–H groups in total. The van der Waals surface area contributed by atoms with Crippen LogP contribution in [0.3, 0.4) is 0 Å². The van der Waals surface area contributed by atoms with Crippen LogP contribution >= 0.6 is 0 Å². The highest BCUT2D eigenvalue weighted by Gasteiger charge is 2.42. The van der Waals surface area contributed by atoms with E-state index in [1.54, 1.807) is 0 Å². The zero-order valence-electron chi connectivity index (χ0n) is 18.5. The van der Waals surface area contributed by atoms with Crippen LogP contribution in [0.5, 0.6) is 0 Å². The number of nitrogen functional groups attached to an aromatic ring is 1. The SMILES string of the molecule is Nc1nn2cc(F)cnc2c1C(=O)NC1CNCC(F)C1N1CCC(C(=O)N2CC(F)C2)CC1. The number of halogens is 3. The van der Waals surface area contributed by atoms with Crippen LogP contribution in [0.25, 0.3) is 5.65 Å². The van der Waals surface area contributed by atoms with Gasteiger partial charge in [0.1, 0.15) is 17.9 Å². The van der Waals surface area contributed by atoms with Crippen molar-refractivity contribution in [3.05, 3.63) is 23.8 Å². The summed E-state index contributed by atoms with van der Waals surface area (Å²) in [5.41, 5.74) is 6.00. The quantitative estimate of drug-likeness (QED) is 0.552. The maximum atomic E-state index is 15.1. The van der Waals surface area contributed by atoms with Crippen molar-refractivity contribution < 1.29 is 22.8 Å². The van der Waals surface area contributed by atoms with Crippen molar-refractivity contribution in [2.75, 3.05) is 45.0 Å². The molecule has 3 aliphatic rings. The number of nitrogens with zero attached hydrogens (tertiary/aromatic N) is 5. The van der Waals surface area contributed by atoms with Gasteiger partial charge in [-0.25, -0.2) is 22.7 Å². The van der Waals surface area contributed by atoms with E-state index in [0.717, 1.165) is 16.9 Å². The van der Waals surface area contributed by atoms with Gasteiger partial charge in [-0.3, -0.25) is 14.5 Å².